The molecule has 0 radical (unpaired) electrons. The summed E-state index contributed by atoms with van der Waals surface area (Å²) < 4.78 is 0. The first-order valence-corrected chi connectivity index (χ1v) is 8.57. The topological polar surface area (TPSA) is 23.5 Å². The van der Waals surface area contributed by atoms with Crippen molar-refractivity contribution in [1.82, 2.24) is 4.90 Å². The molecule has 1 rings (SSSR count). The SMILES string of the molecule is CCN(CC)C(CC)(CC)C(O)Cc1ccc(Cl)c(Cl)c1. The molecule has 0 amide bonds. The standard InChI is InChI=1S/C17H27Cl2NO/c1-5-17(6-2,20(7-3)8-4)16(21)12-13-9-10-14(18)15(19)11-13/h9-11,16,21H,5-8,12H2,1-4H3. The third kappa shape index (κ3) is 4.13. The first kappa shape index (κ1) is 18.8. The molecule has 1 aromatic carbocycles. The molecule has 0 bridgehead atoms. The zero-order valence-corrected chi connectivity index (χ0v) is 15.0. The lowest BCUT2D eigenvalue weighted by atomic mass is 9.81. The molecule has 0 saturated carbocycles. The molecule has 4 heteroatoms. The van der Waals surface area contributed by atoms with Crippen LogP contribution in [-0.2, 0) is 6.42 Å². The van der Waals surface area contributed by atoms with Crippen LogP contribution in [-0.4, -0.2) is 34.7 Å². The van der Waals surface area contributed by atoms with Crippen LogP contribution in [0.5, 0.6) is 0 Å². The molecule has 1 unspecified atom stereocenters. The number of aliphatic hydroxyl groups excluding tert-OH is 1. The minimum Gasteiger partial charge on any atom is -0.391 e. The fourth-order valence-electron chi connectivity index (χ4n) is 3.31. The van der Waals surface area contributed by atoms with Gasteiger partial charge in [-0.3, -0.25) is 4.90 Å². The Morgan fingerprint density at radius 3 is 2.05 bits per heavy atom. The summed E-state index contributed by atoms with van der Waals surface area (Å²) in [6, 6.07) is 5.59. The highest BCUT2D eigenvalue weighted by molar-refractivity contribution is 6.42. The van der Waals surface area contributed by atoms with E-state index in [9.17, 15) is 5.11 Å². The van der Waals surface area contributed by atoms with E-state index < -0.39 is 6.10 Å². The van der Waals surface area contributed by atoms with Crippen LogP contribution >= 0.6 is 23.2 Å². The Morgan fingerprint density at radius 1 is 1.05 bits per heavy atom. The molecule has 21 heavy (non-hydrogen) atoms. The van der Waals surface area contributed by atoms with Crippen LogP contribution in [0.15, 0.2) is 18.2 Å². The van der Waals surface area contributed by atoms with Crippen LogP contribution in [0.3, 0.4) is 0 Å². The van der Waals surface area contributed by atoms with E-state index in [4.69, 9.17) is 23.2 Å². The summed E-state index contributed by atoms with van der Waals surface area (Å²) in [5.41, 5.74) is 0.839. The van der Waals surface area contributed by atoms with Crippen molar-refractivity contribution in [3.8, 4) is 0 Å². The lowest BCUT2D eigenvalue weighted by molar-refractivity contribution is -0.0340. The van der Waals surface area contributed by atoms with E-state index in [2.05, 4.69) is 32.6 Å². The van der Waals surface area contributed by atoms with Crippen molar-refractivity contribution < 1.29 is 5.11 Å². The van der Waals surface area contributed by atoms with Crippen LogP contribution in [0, 0.1) is 0 Å². The molecule has 0 aliphatic heterocycles. The summed E-state index contributed by atoms with van der Waals surface area (Å²) >= 11 is 12.0. The predicted molar refractivity (Wildman–Crippen MR) is 92.4 cm³/mol. The summed E-state index contributed by atoms with van der Waals surface area (Å²) in [7, 11) is 0. The van der Waals surface area contributed by atoms with Gasteiger partial charge in [0.1, 0.15) is 0 Å². The first-order valence-electron chi connectivity index (χ1n) is 7.82. The van der Waals surface area contributed by atoms with Crippen molar-refractivity contribution in [2.45, 2.75) is 58.6 Å². The molecule has 1 atom stereocenters. The van der Waals surface area contributed by atoms with Gasteiger partial charge in [-0.25, -0.2) is 0 Å². The van der Waals surface area contributed by atoms with Gasteiger partial charge in [-0.1, -0.05) is 57.0 Å². The van der Waals surface area contributed by atoms with Crippen molar-refractivity contribution in [2.24, 2.45) is 0 Å². The van der Waals surface area contributed by atoms with Crippen molar-refractivity contribution in [3.63, 3.8) is 0 Å². The Bertz CT molecular complexity index is 442. The van der Waals surface area contributed by atoms with Gasteiger partial charge in [0.25, 0.3) is 0 Å². The molecule has 0 aliphatic carbocycles. The van der Waals surface area contributed by atoms with Gasteiger partial charge in [0.15, 0.2) is 0 Å². The molecule has 0 saturated heterocycles. The number of halogens is 2. The van der Waals surface area contributed by atoms with Gasteiger partial charge < -0.3 is 5.11 Å². The summed E-state index contributed by atoms with van der Waals surface area (Å²) in [4.78, 5) is 2.37. The number of rotatable bonds is 8. The Balaban J connectivity index is 3.00. The van der Waals surface area contributed by atoms with Crippen molar-refractivity contribution in [2.75, 3.05) is 13.1 Å². The van der Waals surface area contributed by atoms with Gasteiger partial charge in [-0.15, -0.1) is 0 Å². The second-order valence-electron chi connectivity index (χ2n) is 5.45. The van der Waals surface area contributed by atoms with Crippen LogP contribution in [0.1, 0.15) is 46.1 Å². The van der Waals surface area contributed by atoms with Gasteiger partial charge in [-0.2, -0.15) is 0 Å². The van der Waals surface area contributed by atoms with E-state index in [-0.39, 0.29) is 5.54 Å². The zero-order chi connectivity index (χ0) is 16.0. The molecular formula is C17H27Cl2NO. The number of hydrogen-bond donors (Lipinski definition) is 1. The molecule has 0 aromatic heterocycles. The van der Waals surface area contributed by atoms with Gasteiger partial charge in [0, 0.05) is 12.0 Å². The van der Waals surface area contributed by atoms with Gasteiger partial charge in [0.05, 0.1) is 16.1 Å². The maximum absolute atomic E-state index is 10.9. The number of benzene rings is 1. The summed E-state index contributed by atoms with van der Waals surface area (Å²) in [5.74, 6) is 0. The number of aliphatic hydroxyl groups is 1. The number of likely N-dealkylation sites (N-methyl/N-ethyl adjacent to an activating group) is 1. The molecule has 0 spiro atoms. The molecule has 0 aliphatic rings. The van der Waals surface area contributed by atoms with E-state index in [0.29, 0.717) is 16.5 Å². The Kier molecular flexibility index (Phi) is 7.49. The largest absolute Gasteiger partial charge is 0.391 e. The van der Waals surface area contributed by atoms with E-state index in [1.54, 1.807) is 6.07 Å². The normalized spacial score (nSPS) is 13.7. The number of hydrogen-bond acceptors (Lipinski definition) is 2. The van der Waals surface area contributed by atoms with Crippen LogP contribution < -0.4 is 0 Å². The Labute approximate surface area is 139 Å². The second kappa shape index (κ2) is 8.38. The third-order valence-electron chi connectivity index (χ3n) is 4.65. The average molecular weight is 332 g/mol. The van der Waals surface area contributed by atoms with E-state index >= 15 is 0 Å². The van der Waals surface area contributed by atoms with E-state index in [1.807, 2.05) is 12.1 Å². The maximum atomic E-state index is 10.9. The molecule has 1 N–H and O–H groups in total. The summed E-state index contributed by atoms with van der Waals surface area (Å²) in [5, 5.41) is 12.0. The van der Waals surface area contributed by atoms with Crippen LogP contribution in [0.4, 0.5) is 0 Å². The maximum Gasteiger partial charge on any atom is 0.0763 e. The lowest BCUT2D eigenvalue weighted by Crippen LogP contribution is -2.56. The zero-order valence-electron chi connectivity index (χ0n) is 13.5. The van der Waals surface area contributed by atoms with E-state index in [0.717, 1.165) is 31.5 Å². The Hall–Kier alpha value is -0.280. The Morgan fingerprint density at radius 2 is 1.62 bits per heavy atom. The minimum atomic E-state index is -0.426. The highest BCUT2D eigenvalue weighted by Crippen LogP contribution is 2.31. The first-order chi connectivity index (χ1) is 9.94. The fraction of sp³-hybridized carbons (Fsp3) is 0.647. The molecule has 1 aromatic rings. The molecule has 0 fully saturated rings. The average Bonchev–Trinajstić information content (AvgIpc) is 2.48. The smallest absolute Gasteiger partial charge is 0.0763 e. The second-order valence-corrected chi connectivity index (χ2v) is 6.27. The molecular weight excluding hydrogens is 305 g/mol. The fourth-order valence-corrected chi connectivity index (χ4v) is 3.63. The minimum absolute atomic E-state index is 0.185. The van der Waals surface area contributed by atoms with Crippen molar-refractivity contribution >= 4 is 23.2 Å². The van der Waals surface area contributed by atoms with Crippen molar-refractivity contribution in [3.05, 3.63) is 33.8 Å². The third-order valence-corrected chi connectivity index (χ3v) is 5.39. The van der Waals surface area contributed by atoms with Gasteiger partial charge in [0.2, 0.25) is 0 Å². The van der Waals surface area contributed by atoms with Gasteiger partial charge >= 0.3 is 0 Å². The highest BCUT2D eigenvalue weighted by atomic mass is 35.5. The molecule has 0 heterocycles. The van der Waals surface area contributed by atoms with Crippen LogP contribution in [0.2, 0.25) is 10.0 Å². The predicted octanol–water partition coefficient (Wildman–Crippen LogP) is 4.80. The summed E-state index contributed by atoms with van der Waals surface area (Å²) in [6.45, 7) is 10.5. The highest BCUT2D eigenvalue weighted by Gasteiger charge is 2.38. The monoisotopic (exact) mass is 331 g/mol. The molecule has 2 nitrogen and oxygen atoms in total. The van der Waals surface area contributed by atoms with Crippen LogP contribution in [0.25, 0.3) is 0 Å². The summed E-state index contributed by atoms with van der Waals surface area (Å²) in [6.07, 6.45) is 2.01. The van der Waals surface area contributed by atoms with E-state index in [1.165, 1.54) is 0 Å². The quantitative estimate of drug-likeness (QED) is 0.739. The lowest BCUT2D eigenvalue weighted by Gasteiger charge is -2.46. The van der Waals surface area contributed by atoms with Gasteiger partial charge in [-0.05, 0) is 43.6 Å². The van der Waals surface area contributed by atoms with Crippen molar-refractivity contribution in [1.29, 1.82) is 0 Å². The molecule has 120 valence electrons. The number of nitrogens with zero attached hydrogens (tertiary/aromatic N) is 1.